The van der Waals surface area contributed by atoms with Crippen LogP contribution in [-0.2, 0) is 23.0 Å². The van der Waals surface area contributed by atoms with Gasteiger partial charge in [0.2, 0.25) is 0 Å². The maximum atomic E-state index is 13.2. The Balaban J connectivity index is 1.04. The van der Waals surface area contributed by atoms with Gasteiger partial charge < -0.3 is 14.6 Å². The number of sulfonamides is 1. The first kappa shape index (κ1) is 32.5. The molecule has 47 heavy (non-hydrogen) atoms. The van der Waals surface area contributed by atoms with Crippen molar-refractivity contribution in [1.82, 2.24) is 24.8 Å². The summed E-state index contributed by atoms with van der Waals surface area (Å²) in [6.07, 6.45) is 12.7. The standard InChI is InChI=1S/C34H43N7O5S/c1-2-39(31-12-8-21-35-33(31)42)24-29-17-13-26-23-27(14-20-32(26)46-29)36-47(44,45)30-18-15-28(16-19-30)41-34(43)40(37-38-41)22-7-6-11-25-9-4-3-5-10-25/h8,12,14-16,18-21,23,25,29,36H,2-7,9-11,13,17,22,24H2,1H3,(H,35,42). The summed E-state index contributed by atoms with van der Waals surface area (Å²) >= 11 is 0. The van der Waals surface area contributed by atoms with Gasteiger partial charge in [0.25, 0.3) is 15.6 Å². The van der Waals surface area contributed by atoms with Crippen LogP contribution in [0.15, 0.2) is 75.3 Å². The zero-order valence-corrected chi connectivity index (χ0v) is 27.6. The van der Waals surface area contributed by atoms with Crippen molar-refractivity contribution in [2.45, 2.75) is 88.7 Å². The van der Waals surface area contributed by atoms with Crippen LogP contribution in [0.1, 0.15) is 70.3 Å². The molecule has 0 spiro atoms. The fraction of sp³-hybridized carbons (Fsp3) is 0.471. The number of aromatic amines is 1. The van der Waals surface area contributed by atoms with E-state index < -0.39 is 10.0 Å². The van der Waals surface area contributed by atoms with E-state index in [4.69, 9.17) is 4.74 Å². The monoisotopic (exact) mass is 661 g/mol. The first-order valence-corrected chi connectivity index (χ1v) is 18.2. The molecular weight excluding hydrogens is 618 g/mol. The molecule has 3 heterocycles. The van der Waals surface area contributed by atoms with Crippen molar-refractivity contribution in [3.63, 3.8) is 0 Å². The lowest BCUT2D eigenvalue weighted by atomic mass is 9.86. The van der Waals surface area contributed by atoms with Crippen molar-refractivity contribution < 1.29 is 13.2 Å². The van der Waals surface area contributed by atoms with Crippen LogP contribution in [0.25, 0.3) is 5.69 Å². The average Bonchev–Trinajstić information content (AvgIpc) is 3.46. The molecule has 0 radical (unpaired) electrons. The van der Waals surface area contributed by atoms with Gasteiger partial charge in [-0.15, -0.1) is 0 Å². The van der Waals surface area contributed by atoms with E-state index in [2.05, 4.69) is 20.1 Å². The van der Waals surface area contributed by atoms with Crippen LogP contribution in [0.5, 0.6) is 5.75 Å². The van der Waals surface area contributed by atoms with Crippen LogP contribution in [0.4, 0.5) is 11.4 Å². The number of nitrogens with zero attached hydrogens (tertiary/aromatic N) is 5. The number of unbranched alkanes of at least 4 members (excludes halogenated alkanes) is 1. The van der Waals surface area contributed by atoms with Gasteiger partial charge in [0.15, 0.2) is 0 Å². The maximum Gasteiger partial charge on any atom is 0.368 e. The Bertz CT molecular complexity index is 1880. The smallest absolute Gasteiger partial charge is 0.368 e. The summed E-state index contributed by atoms with van der Waals surface area (Å²) < 4.78 is 38.0. The Kier molecular flexibility index (Phi) is 10.1. The van der Waals surface area contributed by atoms with Gasteiger partial charge in [-0.25, -0.2) is 13.2 Å². The molecule has 1 aliphatic carbocycles. The summed E-state index contributed by atoms with van der Waals surface area (Å²) in [5.74, 6) is 1.52. The third-order valence-electron chi connectivity index (χ3n) is 9.27. The molecule has 2 N–H and O–H groups in total. The van der Waals surface area contributed by atoms with Crippen LogP contribution >= 0.6 is 0 Å². The Morgan fingerprint density at radius 2 is 1.81 bits per heavy atom. The molecule has 0 amide bonds. The van der Waals surface area contributed by atoms with Gasteiger partial charge in [0.1, 0.15) is 17.5 Å². The predicted octanol–water partition coefficient (Wildman–Crippen LogP) is 4.89. The van der Waals surface area contributed by atoms with Crippen molar-refractivity contribution in [2.75, 3.05) is 22.7 Å². The highest BCUT2D eigenvalue weighted by molar-refractivity contribution is 7.92. The predicted molar refractivity (Wildman–Crippen MR) is 181 cm³/mol. The second-order valence-electron chi connectivity index (χ2n) is 12.5. The SMILES string of the molecule is CCN(CC1CCc2cc(NS(=O)(=O)c3ccc(-n4nnn(CCCCC5CCCCC5)c4=O)cc3)ccc2O1)c1ccc[nH]c1=O. The Labute approximate surface area is 274 Å². The Morgan fingerprint density at radius 1 is 1.00 bits per heavy atom. The largest absolute Gasteiger partial charge is 0.488 e. The van der Waals surface area contributed by atoms with E-state index in [1.807, 2.05) is 11.8 Å². The highest BCUT2D eigenvalue weighted by atomic mass is 32.2. The fourth-order valence-electron chi connectivity index (χ4n) is 6.67. The topological polar surface area (TPSA) is 144 Å². The molecule has 2 aliphatic rings. The number of rotatable bonds is 13. The van der Waals surface area contributed by atoms with E-state index in [0.29, 0.717) is 48.9 Å². The number of hydrogen-bond donors (Lipinski definition) is 2. The molecule has 1 aliphatic heterocycles. The summed E-state index contributed by atoms with van der Waals surface area (Å²) in [5.41, 5.74) is 1.92. The zero-order valence-electron chi connectivity index (χ0n) is 26.8. The number of fused-ring (bicyclic) bond motifs is 1. The van der Waals surface area contributed by atoms with Crippen LogP contribution in [0.3, 0.4) is 0 Å². The summed E-state index contributed by atoms with van der Waals surface area (Å²) in [4.78, 5) is 30.0. The molecule has 1 fully saturated rings. The van der Waals surface area contributed by atoms with Gasteiger partial charge in [0, 0.05) is 25.0 Å². The van der Waals surface area contributed by atoms with E-state index in [1.54, 1.807) is 48.7 Å². The minimum absolute atomic E-state index is 0.0639. The molecular formula is C34H43N7O5S. The maximum absolute atomic E-state index is 13.2. The lowest BCUT2D eigenvalue weighted by Gasteiger charge is -2.31. The number of aryl methyl sites for hydroxylation is 2. The third-order valence-corrected chi connectivity index (χ3v) is 10.7. The van der Waals surface area contributed by atoms with E-state index in [1.165, 1.54) is 60.0 Å². The molecule has 6 rings (SSSR count). The molecule has 1 atom stereocenters. The molecule has 12 nitrogen and oxygen atoms in total. The summed E-state index contributed by atoms with van der Waals surface area (Å²) in [6, 6.07) is 14.9. The van der Waals surface area contributed by atoms with E-state index in [0.717, 1.165) is 30.7 Å². The first-order valence-electron chi connectivity index (χ1n) is 16.7. The quantitative estimate of drug-likeness (QED) is 0.193. The lowest BCUT2D eigenvalue weighted by molar-refractivity contribution is 0.178. The number of anilines is 2. The molecule has 0 saturated heterocycles. The number of tetrazole rings is 1. The van der Waals surface area contributed by atoms with Crippen molar-refractivity contribution in [3.05, 3.63) is 87.2 Å². The van der Waals surface area contributed by atoms with Crippen molar-refractivity contribution in [1.29, 1.82) is 0 Å². The highest BCUT2D eigenvalue weighted by Crippen LogP contribution is 2.32. The van der Waals surface area contributed by atoms with Crippen molar-refractivity contribution in [3.8, 4) is 11.4 Å². The van der Waals surface area contributed by atoms with Gasteiger partial charge in [-0.2, -0.15) is 9.36 Å². The number of hydrogen-bond acceptors (Lipinski definition) is 8. The van der Waals surface area contributed by atoms with Crippen LogP contribution in [0.2, 0.25) is 0 Å². The molecule has 250 valence electrons. The van der Waals surface area contributed by atoms with Crippen LogP contribution in [-0.4, -0.2) is 52.4 Å². The van der Waals surface area contributed by atoms with Gasteiger partial charge in [-0.1, -0.05) is 44.9 Å². The van der Waals surface area contributed by atoms with Crippen molar-refractivity contribution >= 4 is 21.4 Å². The van der Waals surface area contributed by atoms with Crippen molar-refractivity contribution in [2.24, 2.45) is 5.92 Å². The second kappa shape index (κ2) is 14.6. The minimum Gasteiger partial charge on any atom is -0.488 e. The number of H-pyrrole nitrogens is 1. The number of aromatic nitrogens is 5. The molecule has 2 aromatic carbocycles. The third kappa shape index (κ3) is 7.78. The molecule has 1 unspecified atom stereocenters. The van der Waals surface area contributed by atoms with Gasteiger partial charge in [-0.05, 0) is 103 Å². The molecule has 0 bridgehead atoms. The van der Waals surface area contributed by atoms with E-state index >= 15 is 0 Å². The number of ether oxygens (including phenoxy) is 1. The Hall–Kier alpha value is -4.39. The number of benzene rings is 2. The van der Waals surface area contributed by atoms with E-state index in [-0.39, 0.29) is 22.2 Å². The van der Waals surface area contributed by atoms with Gasteiger partial charge in [0.05, 0.1) is 17.1 Å². The highest BCUT2D eigenvalue weighted by Gasteiger charge is 2.24. The fourth-order valence-corrected chi connectivity index (χ4v) is 7.72. The number of pyridine rings is 1. The minimum atomic E-state index is -3.89. The zero-order chi connectivity index (χ0) is 32.8. The summed E-state index contributed by atoms with van der Waals surface area (Å²) in [5, 5.41) is 8.06. The molecule has 13 heteroatoms. The molecule has 4 aromatic rings. The lowest BCUT2D eigenvalue weighted by Crippen LogP contribution is -2.39. The average molecular weight is 662 g/mol. The summed E-state index contributed by atoms with van der Waals surface area (Å²) in [7, 11) is -3.89. The second-order valence-corrected chi connectivity index (χ2v) is 14.2. The molecule has 2 aromatic heterocycles. The van der Waals surface area contributed by atoms with E-state index in [9.17, 15) is 18.0 Å². The van der Waals surface area contributed by atoms with Crippen LogP contribution < -0.4 is 25.6 Å². The molecule has 1 saturated carbocycles. The van der Waals surface area contributed by atoms with Gasteiger partial charge >= 0.3 is 5.69 Å². The first-order chi connectivity index (χ1) is 22.8. The van der Waals surface area contributed by atoms with Gasteiger partial charge in [-0.3, -0.25) is 9.52 Å². The number of nitrogens with one attached hydrogen (secondary N) is 2. The number of likely N-dealkylation sites (N-methyl/N-ethyl adjacent to an activating group) is 1. The van der Waals surface area contributed by atoms with Crippen LogP contribution in [0, 0.1) is 5.92 Å². The Morgan fingerprint density at radius 3 is 2.57 bits per heavy atom. The normalized spacial score (nSPS) is 16.7. The summed E-state index contributed by atoms with van der Waals surface area (Å²) in [6.45, 7) is 3.75.